The molecule has 0 saturated carbocycles. The van der Waals surface area contributed by atoms with E-state index < -0.39 is 0 Å². The summed E-state index contributed by atoms with van der Waals surface area (Å²) in [5.74, 6) is 6.85. The summed E-state index contributed by atoms with van der Waals surface area (Å²) in [5, 5.41) is 0. The molecule has 0 radical (unpaired) electrons. The first-order valence-electron chi connectivity index (χ1n) is 6.95. The van der Waals surface area contributed by atoms with Crippen molar-refractivity contribution in [3.05, 3.63) is 53.7 Å². The van der Waals surface area contributed by atoms with Crippen LogP contribution >= 0.6 is 0 Å². The number of rotatable bonds is 7. The molecule has 2 rings (SSSR count). The zero-order chi connectivity index (χ0) is 14.2. The Balaban J connectivity index is 1.89. The first kappa shape index (κ1) is 14.3. The Labute approximate surface area is 120 Å². The smallest absolute Gasteiger partial charge is 0.140 e. The SMILES string of the molecule is CCCCc1ccc(OCc2ccnc(NN)c2)cc1. The molecule has 20 heavy (non-hydrogen) atoms. The van der Waals surface area contributed by atoms with E-state index in [9.17, 15) is 0 Å². The van der Waals surface area contributed by atoms with E-state index in [1.54, 1.807) is 6.20 Å². The Bertz CT molecular complexity index is 526. The Morgan fingerprint density at radius 2 is 1.95 bits per heavy atom. The van der Waals surface area contributed by atoms with Gasteiger partial charge in [-0.2, -0.15) is 0 Å². The van der Waals surface area contributed by atoms with Crippen LogP contribution in [-0.2, 0) is 13.0 Å². The summed E-state index contributed by atoms with van der Waals surface area (Å²) in [6, 6.07) is 12.1. The number of aryl methyl sites for hydroxylation is 1. The van der Waals surface area contributed by atoms with Gasteiger partial charge in [-0.15, -0.1) is 0 Å². The van der Waals surface area contributed by atoms with Crippen LogP contribution in [0.25, 0.3) is 0 Å². The molecule has 1 heterocycles. The molecule has 2 aromatic rings. The van der Waals surface area contributed by atoms with E-state index in [1.165, 1.54) is 18.4 Å². The van der Waals surface area contributed by atoms with E-state index in [-0.39, 0.29) is 0 Å². The Morgan fingerprint density at radius 3 is 2.65 bits per heavy atom. The number of nitrogens with zero attached hydrogens (tertiary/aromatic N) is 1. The zero-order valence-corrected chi connectivity index (χ0v) is 11.8. The van der Waals surface area contributed by atoms with Gasteiger partial charge in [0.2, 0.25) is 0 Å². The average Bonchev–Trinajstić information content (AvgIpc) is 2.52. The topological polar surface area (TPSA) is 60.2 Å². The number of benzene rings is 1. The normalized spacial score (nSPS) is 10.3. The number of pyridine rings is 1. The van der Waals surface area contributed by atoms with Gasteiger partial charge in [0.15, 0.2) is 0 Å². The van der Waals surface area contributed by atoms with Crippen molar-refractivity contribution in [2.24, 2.45) is 5.84 Å². The summed E-state index contributed by atoms with van der Waals surface area (Å²) in [6.07, 6.45) is 5.29. The molecule has 0 spiro atoms. The van der Waals surface area contributed by atoms with Crippen LogP contribution in [0.2, 0.25) is 0 Å². The predicted molar refractivity (Wildman–Crippen MR) is 81.4 cm³/mol. The zero-order valence-electron chi connectivity index (χ0n) is 11.8. The third-order valence-corrected chi connectivity index (χ3v) is 3.12. The number of hydrogen-bond donors (Lipinski definition) is 2. The second-order valence-corrected chi connectivity index (χ2v) is 4.73. The summed E-state index contributed by atoms with van der Waals surface area (Å²) in [6.45, 7) is 2.71. The highest BCUT2D eigenvalue weighted by atomic mass is 16.5. The van der Waals surface area contributed by atoms with E-state index in [0.717, 1.165) is 17.7 Å². The van der Waals surface area contributed by atoms with Crippen LogP contribution in [0.1, 0.15) is 30.9 Å². The number of hydrogen-bond acceptors (Lipinski definition) is 4. The Hall–Kier alpha value is -2.07. The lowest BCUT2D eigenvalue weighted by atomic mass is 10.1. The lowest BCUT2D eigenvalue weighted by Crippen LogP contribution is -2.09. The van der Waals surface area contributed by atoms with Gasteiger partial charge in [-0.05, 0) is 48.2 Å². The average molecular weight is 271 g/mol. The number of nitrogens with one attached hydrogen (secondary N) is 1. The summed E-state index contributed by atoms with van der Waals surface area (Å²) in [5.41, 5.74) is 4.92. The van der Waals surface area contributed by atoms with Crippen LogP contribution in [0.15, 0.2) is 42.6 Å². The number of ether oxygens (including phenoxy) is 1. The molecule has 3 N–H and O–H groups in total. The fraction of sp³-hybridized carbons (Fsp3) is 0.312. The van der Waals surface area contributed by atoms with Gasteiger partial charge < -0.3 is 10.2 Å². The van der Waals surface area contributed by atoms with Gasteiger partial charge in [0.25, 0.3) is 0 Å². The fourth-order valence-electron chi connectivity index (χ4n) is 1.94. The minimum Gasteiger partial charge on any atom is -0.489 e. The third-order valence-electron chi connectivity index (χ3n) is 3.12. The molecule has 0 aliphatic heterocycles. The van der Waals surface area contributed by atoms with Gasteiger partial charge >= 0.3 is 0 Å². The number of unbranched alkanes of at least 4 members (excludes halogenated alkanes) is 1. The minimum atomic E-state index is 0.505. The molecule has 1 aromatic carbocycles. The van der Waals surface area contributed by atoms with Gasteiger partial charge in [0, 0.05) is 6.20 Å². The highest BCUT2D eigenvalue weighted by Crippen LogP contribution is 2.16. The summed E-state index contributed by atoms with van der Waals surface area (Å²) >= 11 is 0. The van der Waals surface area contributed by atoms with Gasteiger partial charge in [-0.1, -0.05) is 25.5 Å². The summed E-state index contributed by atoms with van der Waals surface area (Å²) in [7, 11) is 0. The molecule has 0 aliphatic carbocycles. The number of anilines is 1. The number of nitrogen functional groups attached to an aromatic ring is 1. The van der Waals surface area contributed by atoms with Crippen LogP contribution in [0.5, 0.6) is 5.75 Å². The molecule has 4 heteroatoms. The maximum absolute atomic E-state index is 5.75. The van der Waals surface area contributed by atoms with Crippen LogP contribution in [0, 0.1) is 0 Å². The molecule has 4 nitrogen and oxygen atoms in total. The standard InChI is InChI=1S/C16H21N3O/c1-2-3-4-13-5-7-15(8-6-13)20-12-14-9-10-18-16(11-14)19-17/h5-11H,2-4,12,17H2,1H3,(H,18,19). The maximum Gasteiger partial charge on any atom is 0.140 e. The van der Waals surface area contributed by atoms with E-state index in [2.05, 4.69) is 29.5 Å². The van der Waals surface area contributed by atoms with E-state index in [1.807, 2.05) is 24.3 Å². The number of nitrogens with two attached hydrogens (primary N) is 1. The Kier molecular flexibility index (Phi) is 5.38. The van der Waals surface area contributed by atoms with Gasteiger partial charge in [-0.25, -0.2) is 10.8 Å². The first-order chi connectivity index (χ1) is 9.81. The first-order valence-corrected chi connectivity index (χ1v) is 6.95. The molecule has 0 bridgehead atoms. The molecule has 106 valence electrons. The quantitative estimate of drug-likeness (QED) is 0.599. The molecule has 0 atom stereocenters. The maximum atomic E-state index is 5.75. The van der Waals surface area contributed by atoms with Crippen molar-refractivity contribution in [1.29, 1.82) is 0 Å². The summed E-state index contributed by atoms with van der Waals surface area (Å²) in [4.78, 5) is 4.06. The van der Waals surface area contributed by atoms with Crippen molar-refractivity contribution in [3.8, 4) is 5.75 Å². The molecule has 0 aliphatic rings. The van der Waals surface area contributed by atoms with Crippen LogP contribution in [0.4, 0.5) is 5.82 Å². The molecule has 0 amide bonds. The van der Waals surface area contributed by atoms with Crippen molar-refractivity contribution in [2.45, 2.75) is 32.8 Å². The van der Waals surface area contributed by atoms with Crippen molar-refractivity contribution < 1.29 is 4.74 Å². The van der Waals surface area contributed by atoms with Crippen LogP contribution in [-0.4, -0.2) is 4.98 Å². The largest absolute Gasteiger partial charge is 0.489 e. The lowest BCUT2D eigenvalue weighted by molar-refractivity contribution is 0.306. The van der Waals surface area contributed by atoms with Gasteiger partial charge in [-0.3, -0.25) is 0 Å². The van der Waals surface area contributed by atoms with Crippen molar-refractivity contribution >= 4 is 5.82 Å². The van der Waals surface area contributed by atoms with Crippen LogP contribution < -0.4 is 16.0 Å². The predicted octanol–water partition coefficient (Wildman–Crippen LogP) is 3.29. The molecular formula is C16H21N3O. The highest BCUT2D eigenvalue weighted by Gasteiger charge is 1.99. The number of hydrazine groups is 1. The van der Waals surface area contributed by atoms with E-state index in [4.69, 9.17) is 10.6 Å². The van der Waals surface area contributed by atoms with Crippen LogP contribution in [0.3, 0.4) is 0 Å². The molecular weight excluding hydrogens is 250 g/mol. The van der Waals surface area contributed by atoms with Crippen molar-refractivity contribution in [3.63, 3.8) is 0 Å². The van der Waals surface area contributed by atoms with E-state index >= 15 is 0 Å². The minimum absolute atomic E-state index is 0.505. The second-order valence-electron chi connectivity index (χ2n) is 4.73. The van der Waals surface area contributed by atoms with Gasteiger partial charge in [0.1, 0.15) is 18.2 Å². The molecule has 0 saturated heterocycles. The monoisotopic (exact) mass is 271 g/mol. The third kappa shape index (κ3) is 4.24. The van der Waals surface area contributed by atoms with E-state index in [0.29, 0.717) is 12.4 Å². The molecule has 0 fully saturated rings. The number of aromatic nitrogens is 1. The van der Waals surface area contributed by atoms with Crippen molar-refractivity contribution in [2.75, 3.05) is 5.43 Å². The fourth-order valence-corrected chi connectivity index (χ4v) is 1.94. The molecule has 0 unspecified atom stereocenters. The molecule has 1 aromatic heterocycles. The van der Waals surface area contributed by atoms with Gasteiger partial charge in [0.05, 0.1) is 0 Å². The Morgan fingerprint density at radius 1 is 1.15 bits per heavy atom. The van der Waals surface area contributed by atoms with Crippen molar-refractivity contribution in [1.82, 2.24) is 4.98 Å². The highest BCUT2D eigenvalue weighted by molar-refractivity contribution is 5.36. The summed E-state index contributed by atoms with van der Waals surface area (Å²) < 4.78 is 5.75. The lowest BCUT2D eigenvalue weighted by Gasteiger charge is -2.08. The second kappa shape index (κ2) is 7.50.